The van der Waals surface area contributed by atoms with Crippen molar-refractivity contribution >= 4 is 10.8 Å². The van der Waals surface area contributed by atoms with Crippen molar-refractivity contribution in [3.8, 4) is 0 Å². The van der Waals surface area contributed by atoms with Crippen LogP contribution >= 0.6 is 0 Å². The second-order valence-electron chi connectivity index (χ2n) is 4.50. The van der Waals surface area contributed by atoms with Gasteiger partial charge in [0.25, 0.3) is 0 Å². The quantitative estimate of drug-likeness (QED) is 0.536. The minimum absolute atomic E-state index is 0.517. The summed E-state index contributed by atoms with van der Waals surface area (Å²) in [4.78, 5) is 0. The Hall–Kier alpha value is -0.310. The number of hydrogen-bond donors (Lipinski definition) is 0. The smallest absolute Gasteiger partial charge is 0.0873 e. The summed E-state index contributed by atoms with van der Waals surface area (Å²) >= 11 is 0. The van der Waals surface area contributed by atoms with Gasteiger partial charge in [-0.15, -0.1) is 0 Å². The highest BCUT2D eigenvalue weighted by Gasteiger charge is 2.16. The topological polar surface area (TPSA) is 26.3 Å². The third-order valence-electron chi connectivity index (χ3n) is 2.70. The number of ether oxygens (including phenoxy) is 1. The van der Waals surface area contributed by atoms with E-state index in [1.807, 2.05) is 20.1 Å². The van der Waals surface area contributed by atoms with Crippen molar-refractivity contribution in [1.29, 1.82) is 0 Å². The van der Waals surface area contributed by atoms with Gasteiger partial charge in [-0.1, -0.05) is 0 Å². The summed E-state index contributed by atoms with van der Waals surface area (Å²) in [5.41, 5.74) is 1.21. The van der Waals surface area contributed by atoms with Crippen molar-refractivity contribution in [1.82, 2.24) is 0 Å². The van der Waals surface area contributed by atoms with Gasteiger partial charge < -0.3 is 4.74 Å². The summed E-state index contributed by atoms with van der Waals surface area (Å²) in [7, 11) is -0.517. The molecule has 0 radical (unpaired) electrons. The van der Waals surface area contributed by atoms with Crippen LogP contribution in [0.5, 0.6) is 0 Å². The molecular formula is C12H22O2S. The summed E-state index contributed by atoms with van der Waals surface area (Å²) in [5, 5.41) is 0. The minimum atomic E-state index is -0.517. The van der Waals surface area contributed by atoms with E-state index in [2.05, 4.69) is 0 Å². The van der Waals surface area contributed by atoms with E-state index in [-0.39, 0.29) is 0 Å². The minimum Gasteiger partial charge on any atom is -0.501 e. The second kappa shape index (κ2) is 7.04. The van der Waals surface area contributed by atoms with Crippen molar-refractivity contribution in [3.05, 3.63) is 11.8 Å². The van der Waals surface area contributed by atoms with Gasteiger partial charge in [-0.2, -0.15) is 0 Å². The van der Waals surface area contributed by atoms with Gasteiger partial charge in [0.2, 0.25) is 0 Å². The average molecular weight is 230 g/mol. The summed E-state index contributed by atoms with van der Waals surface area (Å²) in [6.07, 6.45) is 6.48. The molecule has 1 saturated heterocycles. The molecule has 0 atom stereocenters. The number of hydrogen-bond acceptors (Lipinski definition) is 2. The van der Waals surface area contributed by atoms with E-state index in [4.69, 9.17) is 4.74 Å². The standard InChI is InChI=1S/C12H22O2S/c1-11(2)10-14-7-3-4-12-5-8-15(13)9-6-12/h10,12H,3-9H2,1-2H3. The Balaban J connectivity index is 2.01. The Morgan fingerprint density at radius 1 is 1.40 bits per heavy atom. The van der Waals surface area contributed by atoms with Gasteiger partial charge in [0, 0.05) is 22.3 Å². The lowest BCUT2D eigenvalue weighted by molar-refractivity contribution is 0.228. The highest BCUT2D eigenvalue weighted by Crippen LogP contribution is 2.21. The highest BCUT2D eigenvalue weighted by molar-refractivity contribution is 7.85. The Kier molecular flexibility index (Phi) is 5.99. The first-order valence-electron chi connectivity index (χ1n) is 5.78. The maximum absolute atomic E-state index is 11.1. The molecule has 15 heavy (non-hydrogen) atoms. The molecule has 0 aromatic carbocycles. The van der Waals surface area contributed by atoms with Crippen LogP contribution in [-0.4, -0.2) is 22.3 Å². The molecule has 0 bridgehead atoms. The molecule has 0 N–H and O–H groups in total. The first-order valence-corrected chi connectivity index (χ1v) is 7.27. The van der Waals surface area contributed by atoms with Crippen molar-refractivity contribution in [3.63, 3.8) is 0 Å². The fourth-order valence-electron chi connectivity index (χ4n) is 1.81. The molecule has 1 aliphatic heterocycles. The lowest BCUT2D eigenvalue weighted by atomic mass is 9.97. The SMILES string of the molecule is CC(C)=COCCCC1CCS(=O)CC1. The zero-order chi connectivity index (χ0) is 11.1. The van der Waals surface area contributed by atoms with Crippen LogP contribution < -0.4 is 0 Å². The van der Waals surface area contributed by atoms with Crippen LogP contribution in [0.15, 0.2) is 11.8 Å². The van der Waals surface area contributed by atoms with Crippen LogP contribution in [0, 0.1) is 5.92 Å². The van der Waals surface area contributed by atoms with E-state index in [9.17, 15) is 4.21 Å². The molecule has 0 aromatic rings. The van der Waals surface area contributed by atoms with E-state index in [1.54, 1.807) is 0 Å². The third kappa shape index (κ3) is 5.98. The van der Waals surface area contributed by atoms with Crippen molar-refractivity contribution in [2.75, 3.05) is 18.1 Å². The Morgan fingerprint density at radius 3 is 2.67 bits per heavy atom. The maximum Gasteiger partial charge on any atom is 0.0873 e. The van der Waals surface area contributed by atoms with Gasteiger partial charge >= 0.3 is 0 Å². The van der Waals surface area contributed by atoms with Crippen LogP contribution in [0.1, 0.15) is 39.5 Å². The van der Waals surface area contributed by atoms with E-state index >= 15 is 0 Å². The molecule has 1 rings (SSSR count). The van der Waals surface area contributed by atoms with Crippen LogP contribution in [0.3, 0.4) is 0 Å². The molecule has 0 saturated carbocycles. The maximum atomic E-state index is 11.1. The largest absolute Gasteiger partial charge is 0.501 e. The molecule has 1 heterocycles. The predicted molar refractivity (Wildman–Crippen MR) is 65.2 cm³/mol. The molecular weight excluding hydrogens is 208 g/mol. The zero-order valence-corrected chi connectivity index (χ0v) is 10.6. The summed E-state index contributed by atoms with van der Waals surface area (Å²) in [6.45, 7) is 4.90. The van der Waals surface area contributed by atoms with Crippen LogP contribution in [0.4, 0.5) is 0 Å². The fourth-order valence-corrected chi connectivity index (χ4v) is 3.21. The molecule has 1 aliphatic rings. The van der Waals surface area contributed by atoms with Crippen molar-refractivity contribution < 1.29 is 8.95 Å². The third-order valence-corrected chi connectivity index (χ3v) is 4.08. The summed E-state index contributed by atoms with van der Waals surface area (Å²) in [5.74, 6) is 2.62. The van der Waals surface area contributed by atoms with Crippen LogP contribution in [0.25, 0.3) is 0 Å². The number of rotatable bonds is 5. The molecule has 1 fully saturated rings. The molecule has 88 valence electrons. The Morgan fingerprint density at radius 2 is 2.07 bits per heavy atom. The lowest BCUT2D eigenvalue weighted by Gasteiger charge is -2.20. The Labute approximate surface area is 95.5 Å². The summed E-state index contributed by atoms with van der Waals surface area (Å²) in [6, 6.07) is 0. The normalized spacial score (nSPS) is 26.0. The molecule has 2 nitrogen and oxygen atoms in total. The highest BCUT2D eigenvalue weighted by atomic mass is 32.2. The Bertz CT molecular complexity index is 222. The van der Waals surface area contributed by atoms with E-state index in [0.29, 0.717) is 0 Å². The monoisotopic (exact) mass is 230 g/mol. The average Bonchev–Trinajstić information content (AvgIpc) is 2.20. The van der Waals surface area contributed by atoms with E-state index in [1.165, 1.54) is 12.0 Å². The summed E-state index contributed by atoms with van der Waals surface area (Å²) < 4.78 is 16.5. The van der Waals surface area contributed by atoms with Gasteiger partial charge in [-0.3, -0.25) is 4.21 Å². The lowest BCUT2D eigenvalue weighted by Crippen LogP contribution is -2.18. The second-order valence-corrected chi connectivity index (χ2v) is 6.20. The molecule has 3 heteroatoms. The first kappa shape index (κ1) is 12.8. The number of allylic oxidation sites excluding steroid dienone is 1. The van der Waals surface area contributed by atoms with E-state index in [0.717, 1.165) is 43.3 Å². The van der Waals surface area contributed by atoms with Crippen molar-refractivity contribution in [2.24, 2.45) is 5.92 Å². The van der Waals surface area contributed by atoms with Gasteiger partial charge in [0.15, 0.2) is 0 Å². The first-order chi connectivity index (χ1) is 7.18. The van der Waals surface area contributed by atoms with Gasteiger partial charge in [-0.05, 0) is 51.0 Å². The molecule has 0 amide bonds. The van der Waals surface area contributed by atoms with Gasteiger partial charge in [0.05, 0.1) is 12.9 Å². The van der Waals surface area contributed by atoms with E-state index < -0.39 is 10.8 Å². The molecule has 0 spiro atoms. The zero-order valence-electron chi connectivity index (χ0n) is 9.83. The van der Waals surface area contributed by atoms with Gasteiger partial charge in [-0.25, -0.2) is 0 Å². The van der Waals surface area contributed by atoms with Crippen LogP contribution in [-0.2, 0) is 15.5 Å². The predicted octanol–water partition coefficient (Wildman–Crippen LogP) is 2.87. The fraction of sp³-hybridized carbons (Fsp3) is 0.833. The van der Waals surface area contributed by atoms with Gasteiger partial charge in [0.1, 0.15) is 0 Å². The van der Waals surface area contributed by atoms with Crippen LogP contribution in [0.2, 0.25) is 0 Å². The molecule has 0 aliphatic carbocycles. The molecule has 0 aromatic heterocycles. The van der Waals surface area contributed by atoms with Crippen molar-refractivity contribution in [2.45, 2.75) is 39.5 Å². The molecule has 0 unspecified atom stereocenters.